The average Bonchev–Trinajstić information content (AvgIpc) is 2.42. The molecule has 0 aromatic heterocycles. The van der Waals surface area contributed by atoms with Gasteiger partial charge in [0.1, 0.15) is 5.82 Å². The molecule has 2 aromatic rings. The van der Waals surface area contributed by atoms with Crippen LogP contribution in [0.1, 0.15) is 30.0 Å². The summed E-state index contributed by atoms with van der Waals surface area (Å²) in [4.78, 5) is 0. The van der Waals surface area contributed by atoms with Gasteiger partial charge in [-0.05, 0) is 37.1 Å². The molecular formula is C17H20FN. The Hall–Kier alpha value is -1.83. The third-order valence-electron chi connectivity index (χ3n) is 3.18. The van der Waals surface area contributed by atoms with Gasteiger partial charge >= 0.3 is 0 Å². The number of aryl methyl sites for hydroxylation is 2. The van der Waals surface area contributed by atoms with Gasteiger partial charge in [0.15, 0.2) is 0 Å². The summed E-state index contributed by atoms with van der Waals surface area (Å²) in [5, 5.41) is 3.26. The van der Waals surface area contributed by atoms with Crippen LogP contribution in [0.2, 0.25) is 0 Å². The van der Waals surface area contributed by atoms with Gasteiger partial charge in [-0.1, -0.05) is 43.2 Å². The molecule has 0 aliphatic rings. The molecule has 100 valence electrons. The van der Waals surface area contributed by atoms with Gasteiger partial charge in [-0.3, -0.25) is 0 Å². The highest BCUT2D eigenvalue weighted by molar-refractivity contribution is 5.45. The smallest absolute Gasteiger partial charge is 0.128 e. The lowest BCUT2D eigenvalue weighted by molar-refractivity contribution is 0.612. The first-order valence-corrected chi connectivity index (χ1v) is 6.77. The maximum absolute atomic E-state index is 13.6. The van der Waals surface area contributed by atoms with Crippen LogP contribution in [0.3, 0.4) is 0 Å². The van der Waals surface area contributed by atoms with E-state index in [0.717, 1.165) is 24.1 Å². The first-order valence-electron chi connectivity index (χ1n) is 6.77. The van der Waals surface area contributed by atoms with Crippen LogP contribution in [-0.2, 0) is 13.0 Å². The van der Waals surface area contributed by atoms with Gasteiger partial charge in [0.2, 0.25) is 0 Å². The van der Waals surface area contributed by atoms with Crippen molar-refractivity contribution in [3.05, 3.63) is 65.0 Å². The van der Waals surface area contributed by atoms with Gasteiger partial charge in [-0.25, -0.2) is 4.39 Å². The maximum Gasteiger partial charge on any atom is 0.128 e. The number of nitrogens with one attached hydrogen (secondary N) is 1. The van der Waals surface area contributed by atoms with Crippen molar-refractivity contribution in [2.24, 2.45) is 0 Å². The first kappa shape index (κ1) is 13.6. The Balaban J connectivity index is 2.00. The summed E-state index contributed by atoms with van der Waals surface area (Å²) in [7, 11) is 0. The molecule has 0 atom stereocenters. The Bertz CT molecular complexity index is 531. The molecular weight excluding hydrogens is 237 g/mol. The van der Waals surface area contributed by atoms with E-state index in [1.807, 2.05) is 13.0 Å². The minimum absolute atomic E-state index is 0.152. The van der Waals surface area contributed by atoms with E-state index in [4.69, 9.17) is 0 Å². The normalized spacial score (nSPS) is 10.5. The average molecular weight is 257 g/mol. The first-order chi connectivity index (χ1) is 9.19. The van der Waals surface area contributed by atoms with E-state index in [2.05, 4.69) is 36.5 Å². The summed E-state index contributed by atoms with van der Waals surface area (Å²) in [5.74, 6) is -0.152. The molecule has 0 unspecified atom stereocenters. The maximum atomic E-state index is 13.6. The van der Waals surface area contributed by atoms with Crippen molar-refractivity contribution in [1.29, 1.82) is 0 Å². The molecule has 0 heterocycles. The van der Waals surface area contributed by atoms with Crippen molar-refractivity contribution in [3.8, 4) is 0 Å². The summed E-state index contributed by atoms with van der Waals surface area (Å²) in [6.07, 6.45) is 2.26. The number of hydrogen-bond donors (Lipinski definition) is 1. The lowest BCUT2D eigenvalue weighted by Gasteiger charge is -2.09. The molecule has 0 spiro atoms. The third-order valence-corrected chi connectivity index (χ3v) is 3.18. The standard InChI is InChI=1S/C17H20FN/c1-3-4-14-6-8-16(9-7-14)19-12-15-11-13(2)5-10-17(15)18/h5-11,19H,3-4,12H2,1-2H3. The SMILES string of the molecule is CCCc1ccc(NCc2cc(C)ccc2F)cc1. The van der Waals surface area contributed by atoms with Crippen LogP contribution in [0, 0.1) is 12.7 Å². The number of hydrogen-bond acceptors (Lipinski definition) is 1. The molecule has 0 saturated carbocycles. The van der Waals surface area contributed by atoms with Gasteiger partial charge in [-0.15, -0.1) is 0 Å². The Morgan fingerprint density at radius 1 is 1.05 bits per heavy atom. The number of halogens is 1. The predicted molar refractivity (Wildman–Crippen MR) is 78.9 cm³/mol. The molecule has 2 rings (SSSR count). The second-order valence-electron chi connectivity index (χ2n) is 4.90. The van der Waals surface area contributed by atoms with Crippen LogP contribution in [-0.4, -0.2) is 0 Å². The largest absolute Gasteiger partial charge is 0.381 e. The van der Waals surface area contributed by atoms with Crippen LogP contribution < -0.4 is 5.32 Å². The van der Waals surface area contributed by atoms with Crippen molar-refractivity contribution in [1.82, 2.24) is 0 Å². The number of anilines is 1. The number of benzene rings is 2. The van der Waals surface area contributed by atoms with Crippen molar-refractivity contribution < 1.29 is 4.39 Å². The summed E-state index contributed by atoms with van der Waals surface area (Å²) >= 11 is 0. The predicted octanol–water partition coefficient (Wildman–Crippen LogP) is 4.70. The minimum atomic E-state index is -0.152. The molecule has 1 nitrogen and oxygen atoms in total. The van der Waals surface area contributed by atoms with Crippen LogP contribution in [0.25, 0.3) is 0 Å². The fourth-order valence-electron chi connectivity index (χ4n) is 2.11. The Kier molecular flexibility index (Phi) is 4.56. The van der Waals surface area contributed by atoms with Crippen LogP contribution in [0.15, 0.2) is 42.5 Å². The molecule has 0 amide bonds. The van der Waals surface area contributed by atoms with Gasteiger partial charge in [0.05, 0.1) is 0 Å². The van der Waals surface area contributed by atoms with Crippen molar-refractivity contribution >= 4 is 5.69 Å². The Labute approximate surface area is 114 Å². The quantitative estimate of drug-likeness (QED) is 0.818. The molecule has 0 saturated heterocycles. The highest BCUT2D eigenvalue weighted by Crippen LogP contribution is 2.15. The van der Waals surface area contributed by atoms with E-state index >= 15 is 0 Å². The van der Waals surface area contributed by atoms with E-state index in [1.54, 1.807) is 6.07 Å². The Morgan fingerprint density at radius 3 is 2.47 bits per heavy atom. The van der Waals surface area contributed by atoms with Crippen molar-refractivity contribution in [2.45, 2.75) is 33.2 Å². The summed E-state index contributed by atoms with van der Waals surface area (Å²) < 4.78 is 13.6. The van der Waals surface area contributed by atoms with E-state index in [1.165, 1.54) is 11.6 Å². The summed E-state index contributed by atoms with van der Waals surface area (Å²) in [6, 6.07) is 13.6. The molecule has 0 bridgehead atoms. The molecule has 0 aliphatic carbocycles. The van der Waals surface area contributed by atoms with E-state index in [-0.39, 0.29) is 5.82 Å². The third kappa shape index (κ3) is 3.82. The molecule has 1 N–H and O–H groups in total. The second-order valence-corrected chi connectivity index (χ2v) is 4.90. The molecule has 0 aliphatic heterocycles. The van der Waals surface area contributed by atoms with Gasteiger partial charge in [0, 0.05) is 17.8 Å². The van der Waals surface area contributed by atoms with E-state index in [0.29, 0.717) is 12.1 Å². The molecule has 2 aromatic carbocycles. The highest BCUT2D eigenvalue weighted by Gasteiger charge is 2.02. The van der Waals surface area contributed by atoms with E-state index in [9.17, 15) is 4.39 Å². The molecule has 0 radical (unpaired) electrons. The molecule has 19 heavy (non-hydrogen) atoms. The van der Waals surface area contributed by atoms with Crippen molar-refractivity contribution in [3.63, 3.8) is 0 Å². The van der Waals surface area contributed by atoms with Gasteiger partial charge in [0.25, 0.3) is 0 Å². The zero-order chi connectivity index (χ0) is 13.7. The van der Waals surface area contributed by atoms with Crippen LogP contribution in [0.4, 0.5) is 10.1 Å². The molecule has 2 heteroatoms. The molecule has 0 fully saturated rings. The Morgan fingerprint density at radius 2 is 1.79 bits per heavy atom. The fourth-order valence-corrected chi connectivity index (χ4v) is 2.11. The lowest BCUT2D eigenvalue weighted by atomic mass is 10.1. The fraction of sp³-hybridized carbons (Fsp3) is 0.294. The monoisotopic (exact) mass is 257 g/mol. The van der Waals surface area contributed by atoms with Gasteiger partial charge < -0.3 is 5.32 Å². The summed E-state index contributed by atoms with van der Waals surface area (Å²) in [6.45, 7) is 4.66. The van der Waals surface area contributed by atoms with Gasteiger partial charge in [-0.2, -0.15) is 0 Å². The summed E-state index contributed by atoms with van der Waals surface area (Å²) in [5.41, 5.74) is 4.16. The van der Waals surface area contributed by atoms with E-state index < -0.39 is 0 Å². The highest BCUT2D eigenvalue weighted by atomic mass is 19.1. The number of rotatable bonds is 5. The minimum Gasteiger partial charge on any atom is -0.381 e. The topological polar surface area (TPSA) is 12.0 Å². The zero-order valence-corrected chi connectivity index (χ0v) is 11.5. The zero-order valence-electron chi connectivity index (χ0n) is 11.5. The lowest BCUT2D eigenvalue weighted by Crippen LogP contribution is -2.02. The van der Waals surface area contributed by atoms with Crippen LogP contribution in [0.5, 0.6) is 0 Å². The second kappa shape index (κ2) is 6.37. The van der Waals surface area contributed by atoms with Crippen LogP contribution >= 0.6 is 0 Å². The van der Waals surface area contributed by atoms with Crippen molar-refractivity contribution in [2.75, 3.05) is 5.32 Å².